The third-order valence-electron chi connectivity index (χ3n) is 4.33. The van der Waals surface area contributed by atoms with Crippen LogP contribution in [0, 0.1) is 6.92 Å². The SMILES string of the molecule is Cc1ccc(-c2nc3[nH]ccc(=O)c3nc2-c2ccc(=O)n(C(C)C)c2)o1. The molecule has 0 saturated heterocycles. The molecule has 0 aliphatic carbocycles. The standard InChI is InChI=1S/C20H18N4O3/c1-11(2)24-10-13(5-7-16(24)26)17-19(15-6-4-12(3)27-15)23-20-18(22-17)14(25)8-9-21-20/h4-11H,1-3H3,(H,21,23,25). The van der Waals surface area contributed by atoms with Gasteiger partial charge in [0.2, 0.25) is 5.43 Å². The van der Waals surface area contributed by atoms with Gasteiger partial charge in [-0.05, 0) is 39.0 Å². The third kappa shape index (κ3) is 2.97. The normalized spacial score (nSPS) is 11.4. The van der Waals surface area contributed by atoms with Crippen molar-refractivity contribution in [1.29, 1.82) is 0 Å². The van der Waals surface area contributed by atoms with Gasteiger partial charge in [-0.3, -0.25) is 9.59 Å². The Balaban J connectivity index is 2.06. The Kier molecular flexibility index (Phi) is 3.99. The lowest BCUT2D eigenvalue weighted by Crippen LogP contribution is -2.20. The van der Waals surface area contributed by atoms with E-state index in [9.17, 15) is 9.59 Å². The van der Waals surface area contributed by atoms with E-state index in [0.29, 0.717) is 28.4 Å². The maximum Gasteiger partial charge on any atom is 0.250 e. The minimum Gasteiger partial charge on any atom is -0.460 e. The molecule has 0 aromatic carbocycles. The van der Waals surface area contributed by atoms with Gasteiger partial charge >= 0.3 is 0 Å². The van der Waals surface area contributed by atoms with Crippen molar-refractivity contribution in [1.82, 2.24) is 19.5 Å². The van der Waals surface area contributed by atoms with E-state index in [4.69, 9.17) is 4.42 Å². The van der Waals surface area contributed by atoms with Gasteiger partial charge in [0.1, 0.15) is 17.1 Å². The van der Waals surface area contributed by atoms with Crippen LogP contribution < -0.4 is 11.0 Å². The topological polar surface area (TPSA) is 93.8 Å². The number of fused-ring (bicyclic) bond motifs is 1. The van der Waals surface area contributed by atoms with Crippen molar-refractivity contribution in [2.24, 2.45) is 0 Å². The second kappa shape index (κ2) is 6.35. The third-order valence-corrected chi connectivity index (χ3v) is 4.33. The van der Waals surface area contributed by atoms with E-state index in [2.05, 4.69) is 15.0 Å². The lowest BCUT2D eigenvalue weighted by atomic mass is 10.1. The molecule has 7 heteroatoms. The van der Waals surface area contributed by atoms with Gasteiger partial charge in [0.15, 0.2) is 16.9 Å². The summed E-state index contributed by atoms with van der Waals surface area (Å²) in [6.07, 6.45) is 3.27. The van der Waals surface area contributed by atoms with Crippen molar-refractivity contribution in [3.63, 3.8) is 0 Å². The average molecular weight is 362 g/mol. The Morgan fingerprint density at radius 1 is 1.04 bits per heavy atom. The summed E-state index contributed by atoms with van der Waals surface area (Å²) in [7, 11) is 0. The zero-order valence-corrected chi connectivity index (χ0v) is 15.2. The van der Waals surface area contributed by atoms with Crippen LogP contribution >= 0.6 is 0 Å². The Morgan fingerprint density at radius 2 is 1.85 bits per heavy atom. The highest BCUT2D eigenvalue weighted by atomic mass is 16.3. The number of hydrogen-bond donors (Lipinski definition) is 1. The fraction of sp³-hybridized carbons (Fsp3) is 0.200. The van der Waals surface area contributed by atoms with Gasteiger partial charge in [0.05, 0.1) is 0 Å². The van der Waals surface area contributed by atoms with Gasteiger partial charge in [-0.25, -0.2) is 9.97 Å². The van der Waals surface area contributed by atoms with Crippen LogP contribution in [0.1, 0.15) is 25.6 Å². The molecule has 0 amide bonds. The molecule has 136 valence electrons. The van der Waals surface area contributed by atoms with Crippen LogP contribution in [0.5, 0.6) is 0 Å². The summed E-state index contributed by atoms with van der Waals surface area (Å²) < 4.78 is 7.37. The second-order valence-corrected chi connectivity index (χ2v) is 6.63. The van der Waals surface area contributed by atoms with Crippen LogP contribution in [0.3, 0.4) is 0 Å². The molecule has 1 N–H and O–H groups in total. The van der Waals surface area contributed by atoms with Crippen LogP contribution in [0.15, 0.2) is 56.7 Å². The summed E-state index contributed by atoms with van der Waals surface area (Å²) in [6, 6.07) is 8.24. The van der Waals surface area contributed by atoms with Gasteiger partial charge in [-0.1, -0.05) is 0 Å². The monoisotopic (exact) mass is 362 g/mol. The molecule has 0 unspecified atom stereocenters. The van der Waals surface area contributed by atoms with E-state index in [1.807, 2.05) is 32.9 Å². The number of pyridine rings is 2. The van der Waals surface area contributed by atoms with Gasteiger partial charge in [-0.15, -0.1) is 0 Å². The van der Waals surface area contributed by atoms with Gasteiger partial charge < -0.3 is 14.0 Å². The van der Waals surface area contributed by atoms with Crippen molar-refractivity contribution in [3.05, 3.63) is 69.1 Å². The van der Waals surface area contributed by atoms with Gasteiger partial charge in [0.25, 0.3) is 5.56 Å². The van der Waals surface area contributed by atoms with E-state index < -0.39 is 0 Å². The molecule has 0 bridgehead atoms. The lowest BCUT2D eigenvalue weighted by Gasteiger charge is -2.13. The van der Waals surface area contributed by atoms with E-state index in [-0.39, 0.29) is 22.5 Å². The minimum absolute atomic E-state index is 0.0106. The molecule has 7 nitrogen and oxygen atoms in total. The first-order chi connectivity index (χ1) is 12.9. The number of aromatic nitrogens is 4. The molecule has 0 atom stereocenters. The second-order valence-electron chi connectivity index (χ2n) is 6.63. The van der Waals surface area contributed by atoms with Crippen molar-refractivity contribution >= 4 is 11.2 Å². The smallest absolute Gasteiger partial charge is 0.250 e. The molecule has 0 aliphatic rings. The molecular formula is C20H18N4O3. The molecule has 0 saturated carbocycles. The minimum atomic E-state index is -0.225. The number of hydrogen-bond acceptors (Lipinski definition) is 5. The van der Waals surface area contributed by atoms with Crippen molar-refractivity contribution in [2.75, 3.05) is 0 Å². The fourth-order valence-electron chi connectivity index (χ4n) is 2.97. The Bertz CT molecular complexity index is 1260. The number of aromatic amines is 1. The van der Waals surface area contributed by atoms with E-state index in [1.165, 1.54) is 18.3 Å². The summed E-state index contributed by atoms with van der Waals surface area (Å²) in [5, 5.41) is 0. The van der Waals surface area contributed by atoms with Crippen LogP contribution in [0.2, 0.25) is 0 Å². The quantitative estimate of drug-likeness (QED) is 0.603. The maximum atomic E-state index is 12.2. The first-order valence-corrected chi connectivity index (χ1v) is 8.63. The zero-order chi connectivity index (χ0) is 19.1. The molecule has 0 aliphatic heterocycles. The largest absolute Gasteiger partial charge is 0.460 e. The number of nitrogens with zero attached hydrogens (tertiary/aromatic N) is 3. The average Bonchev–Trinajstić information content (AvgIpc) is 3.08. The number of aryl methyl sites for hydroxylation is 1. The Labute approximate surface area is 154 Å². The highest BCUT2D eigenvalue weighted by Crippen LogP contribution is 2.30. The summed E-state index contributed by atoms with van der Waals surface area (Å²) in [6.45, 7) is 5.70. The molecule has 27 heavy (non-hydrogen) atoms. The van der Waals surface area contributed by atoms with Crippen LogP contribution in [0.4, 0.5) is 0 Å². The molecular weight excluding hydrogens is 344 g/mol. The molecule has 4 aromatic rings. The summed E-state index contributed by atoms with van der Waals surface area (Å²) >= 11 is 0. The zero-order valence-electron chi connectivity index (χ0n) is 15.2. The fourth-order valence-corrected chi connectivity index (χ4v) is 2.97. The number of H-pyrrole nitrogens is 1. The maximum absolute atomic E-state index is 12.2. The summed E-state index contributed by atoms with van der Waals surface area (Å²) in [4.78, 5) is 36.5. The molecule has 0 fully saturated rings. The van der Waals surface area contributed by atoms with Crippen LogP contribution in [-0.4, -0.2) is 19.5 Å². The predicted octanol–water partition coefficient (Wildman–Crippen LogP) is 3.30. The Morgan fingerprint density at radius 3 is 2.56 bits per heavy atom. The molecule has 4 heterocycles. The van der Waals surface area contributed by atoms with Crippen molar-refractivity contribution in [2.45, 2.75) is 26.8 Å². The lowest BCUT2D eigenvalue weighted by molar-refractivity contribution is 0.546. The van der Waals surface area contributed by atoms with Crippen LogP contribution in [0.25, 0.3) is 33.9 Å². The molecule has 4 aromatic heterocycles. The number of rotatable bonds is 3. The summed E-state index contributed by atoms with van der Waals surface area (Å²) in [5.74, 6) is 1.29. The van der Waals surface area contributed by atoms with Crippen molar-refractivity contribution in [3.8, 4) is 22.7 Å². The summed E-state index contributed by atoms with van der Waals surface area (Å²) in [5.41, 5.74) is 1.97. The van der Waals surface area contributed by atoms with Crippen molar-refractivity contribution < 1.29 is 4.42 Å². The number of furan rings is 1. The van der Waals surface area contributed by atoms with Gasteiger partial charge in [-0.2, -0.15) is 0 Å². The molecule has 4 rings (SSSR count). The highest BCUT2D eigenvalue weighted by molar-refractivity contribution is 5.82. The molecule has 0 radical (unpaired) electrons. The first-order valence-electron chi connectivity index (χ1n) is 8.63. The first kappa shape index (κ1) is 17.0. The predicted molar refractivity (Wildman–Crippen MR) is 103 cm³/mol. The number of nitrogens with one attached hydrogen (secondary N) is 1. The van der Waals surface area contributed by atoms with Crippen LogP contribution in [-0.2, 0) is 0 Å². The molecule has 0 spiro atoms. The highest BCUT2D eigenvalue weighted by Gasteiger charge is 2.18. The Hall–Kier alpha value is -3.48. The van der Waals surface area contributed by atoms with E-state index >= 15 is 0 Å². The van der Waals surface area contributed by atoms with E-state index in [0.717, 1.165) is 5.76 Å². The van der Waals surface area contributed by atoms with E-state index in [1.54, 1.807) is 16.8 Å². The van der Waals surface area contributed by atoms with Gasteiger partial charge in [0, 0.05) is 36.1 Å².